The maximum Gasteiger partial charge on any atom is 0.422 e. The van der Waals surface area contributed by atoms with Crippen LogP contribution in [-0.2, 0) is 23.4 Å². The van der Waals surface area contributed by atoms with Crippen LogP contribution in [0.1, 0.15) is 61.6 Å². The summed E-state index contributed by atoms with van der Waals surface area (Å²) in [6.45, 7) is 0.477. The summed E-state index contributed by atoms with van der Waals surface area (Å²) in [5.41, 5.74) is -1.86. The Bertz CT molecular complexity index is 1520. The second-order valence-electron chi connectivity index (χ2n) is 12.1. The number of likely N-dealkylation sites (tertiary alicyclic amines) is 1. The number of ether oxygens (including phenoxy) is 2. The van der Waals surface area contributed by atoms with Crippen LogP contribution in [0.4, 0.5) is 13.2 Å². The van der Waals surface area contributed by atoms with E-state index in [2.05, 4.69) is 6.07 Å². The SMILES string of the molecule is COc1cc(CC(=O)O)ccc1OC1CCN(C[C@](O)(c2cn(CC3CCCCC3)c3cc(C#N)ccc23)C(F)(F)F)CC1. The lowest BCUT2D eigenvalue weighted by Gasteiger charge is -2.39. The van der Waals surface area contributed by atoms with Gasteiger partial charge < -0.3 is 24.3 Å². The maximum atomic E-state index is 14.8. The number of aromatic nitrogens is 1. The van der Waals surface area contributed by atoms with Crippen LogP contribution in [0.25, 0.3) is 10.9 Å². The number of alkyl halides is 3. The summed E-state index contributed by atoms with van der Waals surface area (Å²) in [6, 6.07) is 11.6. The average Bonchev–Trinajstić information content (AvgIpc) is 3.36. The number of aliphatic hydroxyl groups is 1. The second-order valence-corrected chi connectivity index (χ2v) is 12.1. The van der Waals surface area contributed by atoms with E-state index in [0.29, 0.717) is 58.8 Å². The van der Waals surface area contributed by atoms with Crippen molar-refractivity contribution in [2.45, 2.75) is 75.8 Å². The highest BCUT2D eigenvalue weighted by molar-refractivity contribution is 5.86. The Kier molecular flexibility index (Phi) is 9.42. The molecule has 236 valence electrons. The predicted molar refractivity (Wildman–Crippen MR) is 158 cm³/mol. The van der Waals surface area contributed by atoms with Crippen LogP contribution in [0.5, 0.6) is 11.5 Å². The van der Waals surface area contributed by atoms with Crippen molar-refractivity contribution in [3.8, 4) is 17.6 Å². The predicted octanol–water partition coefficient (Wildman–Crippen LogP) is 6.02. The molecule has 2 aromatic carbocycles. The van der Waals surface area contributed by atoms with E-state index in [1.54, 1.807) is 33.7 Å². The number of halogens is 3. The molecule has 1 aliphatic heterocycles. The number of carboxylic acids is 1. The van der Waals surface area contributed by atoms with Crippen LogP contribution in [0.3, 0.4) is 0 Å². The molecule has 1 atom stereocenters. The lowest BCUT2D eigenvalue weighted by Crippen LogP contribution is -2.53. The fourth-order valence-corrected chi connectivity index (χ4v) is 6.60. The number of aliphatic carboxylic acids is 1. The molecule has 0 bridgehead atoms. The number of β-amino-alcohol motifs (C(OH)–C–C–N with tert-alkyl or cyclic N) is 1. The minimum atomic E-state index is -4.94. The average molecular weight is 614 g/mol. The third-order valence-corrected chi connectivity index (χ3v) is 8.97. The van der Waals surface area contributed by atoms with Crippen molar-refractivity contribution in [2.24, 2.45) is 5.92 Å². The first kappa shape index (κ1) is 31.7. The number of piperidine rings is 1. The minimum Gasteiger partial charge on any atom is -0.493 e. The highest BCUT2D eigenvalue weighted by atomic mass is 19.4. The normalized spacial score (nSPS) is 18.5. The number of carboxylic acid groups (broad SMARTS) is 1. The molecule has 5 rings (SSSR count). The van der Waals surface area contributed by atoms with Crippen molar-refractivity contribution < 1.29 is 37.7 Å². The summed E-state index contributed by atoms with van der Waals surface area (Å²) in [5, 5.41) is 30.4. The van der Waals surface area contributed by atoms with Gasteiger partial charge in [-0.3, -0.25) is 9.69 Å². The van der Waals surface area contributed by atoms with E-state index in [1.165, 1.54) is 25.4 Å². The molecule has 2 heterocycles. The van der Waals surface area contributed by atoms with Crippen LogP contribution in [0, 0.1) is 17.2 Å². The van der Waals surface area contributed by atoms with Crippen LogP contribution >= 0.6 is 0 Å². The minimum absolute atomic E-state index is 0.157. The number of benzene rings is 2. The molecule has 2 N–H and O–H groups in total. The van der Waals surface area contributed by atoms with E-state index >= 15 is 0 Å². The topological polar surface area (TPSA) is 108 Å². The van der Waals surface area contributed by atoms with Gasteiger partial charge in [0, 0.05) is 48.8 Å². The van der Waals surface area contributed by atoms with Gasteiger partial charge in [0.2, 0.25) is 5.60 Å². The standard InChI is InChI=1S/C33H38F3N3O5/c1-43-30-16-23(17-31(40)41)8-10-29(30)44-25-11-13-38(14-12-25)21-32(42,33(34,35)36)27-20-39(19-22-5-3-2-4-6-22)28-15-24(18-37)7-9-26(27)28/h7-10,15-16,20,22,25,42H,2-6,11-14,17,19,21H2,1H3,(H,40,41)/t32-/m0/s1. The van der Waals surface area contributed by atoms with Gasteiger partial charge in [-0.2, -0.15) is 18.4 Å². The van der Waals surface area contributed by atoms with Crippen molar-refractivity contribution in [1.82, 2.24) is 9.47 Å². The van der Waals surface area contributed by atoms with Crippen molar-refractivity contribution in [3.63, 3.8) is 0 Å². The third kappa shape index (κ3) is 6.81. The molecule has 2 fully saturated rings. The molecule has 3 aromatic rings. The van der Waals surface area contributed by atoms with Crippen LogP contribution < -0.4 is 9.47 Å². The number of nitriles is 1. The van der Waals surface area contributed by atoms with E-state index in [1.807, 2.05) is 0 Å². The highest BCUT2D eigenvalue weighted by Gasteiger charge is 2.57. The lowest BCUT2D eigenvalue weighted by atomic mass is 9.89. The molecule has 2 aliphatic rings. The smallest absolute Gasteiger partial charge is 0.422 e. The highest BCUT2D eigenvalue weighted by Crippen LogP contribution is 2.44. The molecular formula is C33H38F3N3O5. The maximum absolute atomic E-state index is 14.8. The zero-order chi connectivity index (χ0) is 31.5. The summed E-state index contributed by atoms with van der Waals surface area (Å²) in [5.74, 6) is 0.201. The number of nitrogens with zero attached hydrogens (tertiary/aromatic N) is 3. The number of methoxy groups -OCH3 is 1. The number of fused-ring (bicyclic) bond motifs is 1. The van der Waals surface area contributed by atoms with Gasteiger partial charge in [-0.05, 0) is 61.4 Å². The molecule has 11 heteroatoms. The van der Waals surface area contributed by atoms with E-state index < -0.39 is 24.3 Å². The van der Waals surface area contributed by atoms with Crippen molar-refractivity contribution in [1.29, 1.82) is 5.26 Å². The Morgan fingerprint density at radius 1 is 1.05 bits per heavy atom. The first-order chi connectivity index (χ1) is 21.0. The van der Waals surface area contributed by atoms with Gasteiger partial charge in [-0.25, -0.2) is 0 Å². The summed E-state index contributed by atoms with van der Waals surface area (Å²) in [6.07, 6.45) is 2.29. The zero-order valence-electron chi connectivity index (χ0n) is 24.8. The van der Waals surface area contributed by atoms with E-state index in [-0.39, 0.29) is 31.2 Å². The molecule has 1 aromatic heterocycles. The third-order valence-electron chi connectivity index (χ3n) is 8.97. The van der Waals surface area contributed by atoms with E-state index in [4.69, 9.17) is 14.6 Å². The summed E-state index contributed by atoms with van der Waals surface area (Å²) in [4.78, 5) is 12.7. The fraction of sp³-hybridized carbons (Fsp3) is 0.515. The lowest BCUT2D eigenvalue weighted by molar-refractivity contribution is -0.272. The molecule has 0 spiro atoms. The Morgan fingerprint density at radius 2 is 1.77 bits per heavy atom. The fourth-order valence-electron chi connectivity index (χ4n) is 6.60. The van der Waals surface area contributed by atoms with Crippen molar-refractivity contribution in [3.05, 3.63) is 59.3 Å². The van der Waals surface area contributed by atoms with Gasteiger partial charge in [0.1, 0.15) is 6.10 Å². The van der Waals surface area contributed by atoms with E-state index in [9.17, 15) is 28.3 Å². The zero-order valence-corrected chi connectivity index (χ0v) is 24.8. The van der Waals surface area contributed by atoms with Crippen LogP contribution in [-0.4, -0.2) is 64.7 Å². The van der Waals surface area contributed by atoms with Gasteiger partial charge in [-0.1, -0.05) is 31.4 Å². The summed E-state index contributed by atoms with van der Waals surface area (Å²) >= 11 is 0. The summed E-state index contributed by atoms with van der Waals surface area (Å²) < 4.78 is 57.8. The van der Waals surface area contributed by atoms with Crippen LogP contribution in [0.2, 0.25) is 0 Å². The molecular weight excluding hydrogens is 575 g/mol. The number of hydrogen-bond acceptors (Lipinski definition) is 6. The molecule has 0 radical (unpaired) electrons. The Labute approximate surface area is 254 Å². The Balaban J connectivity index is 1.34. The first-order valence-electron chi connectivity index (χ1n) is 15.1. The second kappa shape index (κ2) is 13.1. The Hall–Kier alpha value is -3.75. The Morgan fingerprint density at radius 3 is 2.41 bits per heavy atom. The quantitative estimate of drug-likeness (QED) is 0.288. The summed E-state index contributed by atoms with van der Waals surface area (Å²) in [7, 11) is 1.46. The van der Waals surface area contributed by atoms with Gasteiger partial charge in [0.15, 0.2) is 11.5 Å². The number of carbonyl (C=O) groups is 1. The van der Waals surface area contributed by atoms with Crippen molar-refractivity contribution >= 4 is 16.9 Å². The molecule has 1 aliphatic carbocycles. The number of rotatable bonds is 10. The molecule has 1 saturated carbocycles. The monoisotopic (exact) mass is 613 g/mol. The molecule has 0 unspecified atom stereocenters. The van der Waals surface area contributed by atoms with Gasteiger partial charge in [0.25, 0.3) is 0 Å². The molecule has 1 saturated heterocycles. The van der Waals surface area contributed by atoms with Gasteiger partial charge in [0.05, 0.1) is 25.2 Å². The van der Waals surface area contributed by atoms with E-state index in [0.717, 1.165) is 32.1 Å². The van der Waals surface area contributed by atoms with Gasteiger partial charge in [-0.15, -0.1) is 0 Å². The van der Waals surface area contributed by atoms with Crippen LogP contribution in [0.15, 0.2) is 42.6 Å². The van der Waals surface area contributed by atoms with Crippen molar-refractivity contribution in [2.75, 3.05) is 26.7 Å². The van der Waals surface area contributed by atoms with Gasteiger partial charge >= 0.3 is 12.1 Å². The first-order valence-corrected chi connectivity index (χ1v) is 15.1. The molecule has 0 amide bonds. The molecule has 8 nitrogen and oxygen atoms in total. The number of hydrogen-bond donors (Lipinski definition) is 2. The largest absolute Gasteiger partial charge is 0.493 e. The molecule has 44 heavy (non-hydrogen) atoms.